The molecule has 0 spiro atoms. The van der Waals surface area contributed by atoms with Gasteiger partial charge in [-0.05, 0) is 56.4 Å². The van der Waals surface area contributed by atoms with Gasteiger partial charge in [-0.25, -0.2) is 8.42 Å². The molecule has 0 saturated carbocycles. The van der Waals surface area contributed by atoms with Crippen LogP contribution in [0.25, 0.3) is 0 Å². The van der Waals surface area contributed by atoms with Gasteiger partial charge in [-0.1, -0.05) is 12.8 Å². The number of carbonyl (C=O) groups excluding carboxylic acids is 1. The summed E-state index contributed by atoms with van der Waals surface area (Å²) in [5.74, 6) is 0.565. The van der Waals surface area contributed by atoms with Crippen LogP contribution in [0, 0.1) is 12.8 Å². The summed E-state index contributed by atoms with van der Waals surface area (Å²) in [5.41, 5.74) is 0.785. The normalized spacial score (nSPS) is 22.3. The lowest BCUT2D eigenvalue weighted by Crippen LogP contribution is -2.47. The molecule has 1 aromatic rings. The fourth-order valence-electron chi connectivity index (χ4n) is 4.07. The number of rotatable bonds is 4. The Balaban J connectivity index is 1.74. The van der Waals surface area contributed by atoms with Crippen molar-refractivity contribution in [3.8, 4) is 5.75 Å². The minimum Gasteiger partial charge on any atom is -0.496 e. The van der Waals surface area contributed by atoms with Crippen LogP contribution in [-0.4, -0.2) is 56.8 Å². The van der Waals surface area contributed by atoms with Gasteiger partial charge in [0.05, 0.1) is 17.9 Å². The van der Waals surface area contributed by atoms with Gasteiger partial charge in [0.1, 0.15) is 5.75 Å². The number of amides is 1. The maximum absolute atomic E-state index is 13.1. The molecule has 6 nitrogen and oxygen atoms in total. The van der Waals surface area contributed by atoms with E-state index in [-0.39, 0.29) is 23.3 Å². The number of ether oxygens (including phenoxy) is 1. The third-order valence-corrected chi connectivity index (χ3v) is 7.52. The van der Waals surface area contributed by atoms with Crippen molar-refractivity contribution in [2.24, 2.45) is 5.92 Å². The molecule has 0 aliphatic carbocycles. The molecule has 2 heterocycles. The van der Waals surface area contributed by atoms with Crippen LogP contribution in [0.1, 0.15) is 44.1 Å². The van der Waals surface area contributed by atoms with Crippen LogP contribution in [0.3, 0.4) is 0 Å². The Morgan fingerprint density at radius 2 is 1.78 bits per heavy atom. The van der Waals surface area contributed by atoms with E-state index >= 15 is 0 Å². The Morgan fingerprint density at radius 3 is 2.41 bits per heavy atom. The molecule has 0 bridgehead atoms. The highest BCUT2D eigenvalue weighted by Gasteiger charge is 2.35. The standard InChI is InChI=1S/C20H30N2O4S/c1-16-14-18(9-10-19(16)26-2)27(24,25)22-13-7-8-17(15-22)20(23)21-11-5-3-4-6-12-21/h9-10,14,17H,3-8,11-13,15H2,1-2H3/t17-/m1/s1. The van der Waals surface area contributed by atoms with Gasteiger partial charge < -0.3 is 9.64 Å². The number of piperidine rings is 1. The summed E-state index contributed by atoms with van der Waals surface area (Å²) in [6, 6.07) is 4.92. The number of benzene rings is 1. The van der Waals surface area contributed by atoms with Crippen LogP contribution in [0.15, 0.2) is 23.1 Å². The Kier molecular flexibility index (Phi) is 6.42. The van der Waals surface area contributed by atoms with Crippen molar-refractivity contribution in [2.75, 3.05) is 33.3 Å². The van der Waals surface area contributed by atoms with E-state index in [1.165, 1.54) is 17.1 Å². The first-order valence-corrected chi connectivity index (χ1v) is 11.3. The molecule has 1 amide bonds. The molecular formula is C20H30N2O4S. The molecule has 7 heteroatoms. The molecule has 1 aromatic carbocycles. The smallest absolute Gasteiger partial charge is 0.243 e. The molecule has 2 fully saturated rings. The van der Waals surface area contributed by atoms with E-state index in [0.717, 1.165) is 44.3 Å². The summed E-state index contributed by atoms with van der Waals surface area (Å²) < 4.78 is 32.9. The molecule has 1 atom stereocenters. The second-order valence-corrected chi connectivity index (χ2v) is 9.51. The maximum Gasteiger partial charge on any atom is 0.243 e. The van der Waals surface area contributed by atoms with E-state index in [9.17, 15) is 13.2 Å². The van der Waals surface area contributed by atoms with Gasteiger partial charge in [0.2, 0.25) is 15.9 Å². The van der Waals surface area contributed by atoms with Crippen molar-refractivity contribution in [1.82, 2.24) is 9.21 Å². The van der Waals surface area contributed by atoms with Gasteiger partial charge in [-0.2, -0.15) is 4.31 Å². The number of likely N-dealkylation sites (tertiary alicyclic amines) is 1. The quantitative estimate of drug-likeness (QED) is 0.788. The molecule has 27 heavy (non-hydrogen) atoms. The minimum atomic E-state index is -3.61. The SMILES string of the molecule is COc1ccc(S(=O)(=O)N2CCC[C@@H](C(=O)N3CCCCCC3)C2)cc1C. The van der Waals surface area contributed by atoms with Gasteiger partial charge in [-0.15, -0.1) is 0 Å². The molecular weight excluding hydrogens is 364 g/mol. The number of aryl methyl sites for hydroxylation is 1. The molecule has 3 rings (SSSR count). The van der Waals surface area contributed by atoms with Crippen molar-refractivity contribution in [3.63, 3.8) is 0 Å². The van der Waals surface area contributed by atoms with E-state index in [1.54, 1.807) is 25.3 Å². The van der Waals surface area contributed by atoms with Crippen molar-refractivity contribution >= 4 is 15.9 Å². The van der Waals surface area contributed by atoms with E-state index in [0.29, 0.717) is 12.3 Å². The summed E-state index contributed by atoms with van der Waals surface area (Å²) in [4.78, 5) is 15.2. The van der Waals surface area contributed by atoms with E-state index in [2.05, 4.69) is 0 Å². The zero-order valence-corrected chi connectivity index (χ0v) is 17.1. The van der Waals surface area contributed by atoms with Crippen molar-refractivity contribution in [3.05, 3.63) is 23.8 Å². The largest absolute Gasteiger partial charge is 0.496 e. The number of sulfonamides is 1. The zero-order valence-electron chi connectivity index (χ0n) is 16.3. The number of methoxy groups -OCH3 is 1. The number of hydrogen-bond acceptors (Lipinski definition) is 4. The van der Waals surface area contributed by atoms with Crippen molar-refractivity contribution < 1.29 is 17.9 Å². The Hall–Kier alpha value is -1.60. The molecule has 2 saturated heterocycles. The summed E-state index contributed by atoms with van der Waals surface area (Å²) in [6.45, 7) is 4.19. The van der Waals surface area contributed by atoms with Crippen LogP contribution in [0.4, 0.5) is 0 Å². The van der Waals surface area contributed by atoms with Crippen molar-refractivity contribution in [1.29, 1.82) is 0 Å². The monoisotopic (exact) mass is 394 g/mol. The number of nitrogens with zero attached hydrogens (tertiary/aromatic N) is 2. The summed E-state index contributed by atoms with van der Waals surface area (Å²) in [7, 11) is -2.04. The first kappa shape index (κ1) is 20.1. The van der Waals surface area contributed by atoms with Crippen LogP contribution < -0.4 is 4.74 Å². The van der Waals surface area contributed by atoms with Gasteiger partial charge in [-0.3, -0.25) is 4.79 Å². The number of hydrogen-bond donors (Lipinski definition) is 0. The Morgan fingerprint density at radius 1 is 1.07 bits per heavy atom. The first-order chi connectivity index (χ1) is 12.9. The maximum atomic E-state index is 13.1. The molecule has 0 N–H and O–H groups in total. The molecule has 2 aliphatic rings. The number of carbonyl (C=O) groups is 1. The van der Waals surface area contributed by atoms with Gasteiger partial charge >= 0.3 is 0 Å². The van der Waals surface area contributed by atoms with Crippen LogP contribution in [0.2, 0.25) is 0 Å². The topological polar surface area (TPSA) is 66.9 Å². The predicted molar refractivity (Wildman–Crippen MR) is 104 cm³/mol. The van der Waals surface area contributed by atoms with Gasteiger partial charge in [0, 0.05) is 26.2 Å². The van der Waals surface area contributed by atoms with Crippen LogP contribution in [0.5, 0.6) is 5.75 Å². The second-order valence-electron chi connectivity index (χ2n) is 7.57. The highest BCUT2D eigenvalue weighted by molar-refractivity contribution is 7.89. The van der Waals surface area contributed by atoms with Gasteiger partial charge in [0.15, 0.2) is 0 Å². The van der Waals surface area contributed by atoms with Gasteiger partial charge in [0.25, 0.3) is 0 Å². The lowest BCUT2D eigenvalue weighted by atomic mass is 9.98. The Labute approximate surface area is 162 Å². The average Bonchev–Trinajstić information content (AvgIpc) is 2.97. The van der Waals surface area contributed by atoms with Crippen molar-refractivity contribution in [2.45, 2.75) is 50.3 Å². The summed E-state index contributed by atoms with van der Waals surface area (Å²) >= 11 is 0. The highest BCUT2D eigenvalue weighted by Crippen LogP contribution is 2.28. The fourth-order valence-corrected chi connectivity index (χ4v) is 5.68. The minimum absolute atomic E-state index is 0.128. The van der Waals surface area contributed by atoms with Crippen LogP contribution in [-0.2, 0) is 14.8 Å². The second kappa shape index (κ2) is 8.61. The lowest BCUT2D eigenvalue weighted by molar-refractivity contribution is -0.136. The molecule has 0 unspecified atom stereocenters. The zero-order chi connectivity index (χ0) is 19.4. The average molecular weight is 395 g/mol. The lowest BCUT2D eigenvalue weighted by Gasteiger charge is -2.34. The molecule has 2 aliphatic heterocycles. The highest BCUT2D eigenvalue weighted by atomic mass is 32.2. The third kappa shape index (κ3) is 4.46. The molecule has 0 radical (unpaired) electrons. The Bertz CT molecular complexity index is 770. The van der Waals surface area contributed by atoms with E-state index in [1.807, 2.05) is 11.8 Å². The molecule has 0 aromatic heterocycles. The summed E-state index contributed by atoms with van der Waals surface area (Å²) in [5, 5.41) is 0. The van der Waals surface area contributed by atoms with E-state index in [4.69, 9.17) is 4.74 Å². The first-order valence-electron chi connectivity index (χ1n) is 9.87. The fraction of sp³-hybridized carbons (Fsp3) is 0.650. The summed E-state index contributed by atoms with van der Waals surface area (Å²) in [6.07, 6.45) is 5.93. The van der Waals surface area contributed by atoms with E-state index < -0.39 is 10.0 Å². The van der Waals surface area contributed by atoms with Crippen LogP contribution >= 0.6 is 0 Å². The predicted octanol–water partition coefficient (Wildman–Crippen LogP) is 2.81. The molecule has 150 valence electrons. The third-order valence-electron chi connectivity index (χ3n) is 5.66.